The Labute approximate surface area is 119 Å². The van der Waals surface area contributed by atoms with E-state index in [0.717, 1.165) is 12.1 Å². The Morgan fingerprint density at radius 1 is 0.952 bits per heavy atom. The van der Waals surface area contributed by atoms with Gasteiger partial charge >= 0.3 is 11.9 Å². The van der Waals surface area contributed by atoms with Gasteiger partial charge < -0.3 is 20.8 Å². The molecular weight excluding hydrogens is 280 g/mol. The summed E-state index contributed by atoms with van der Waals surface area (Å²) in [6, 6.07) is 2.11. The predicted molar refractivity (Wildman–Crippen MR) is 71.8 cm³/mol. The van der Waals surface area contributed by atoms with E-state index in [0.29, 0.717) is 0 Å². The zero-order valence-electron chi connectivity index (χ0n) is 11.4. The van der Waals surface area contributed by atoms with Crippen molar-refractivity contribution in [3.8, 4) is 0 Å². The first-order valence-corrected chi connectivity index (χ1v) is 5.99. The van der Waals surface area contributed by atoms with E-state index in [1.54, 1.807) is 6.92 Å². The van der Waals surface area contributed by atoms with E-state index >= 15 is 0 Å². The minimum atomic E-state index is -1.56. The second-order valence-electron chi connectivity index (χ2n) is 3.96. The van der Waals surface area contributed by atoms with E-state index in [1.165, 1.54) is 7.05 Å². The van der Waals surface area contributed by atoms with Gasteiger partial charge in [0.05, 0.1) is 22.3 Å². The van der Waals surface area contributed by atoms with Crippen LogP contribution in [-0.2, 0) is 0 Å². The minimum absolute atomic E-state index is 0.258. The molecule has 0 fully saturated rings. The summed E-state index contributed by atoms with van der Waals surface area (Å²) >= 11 is 0. The Hall–Kier alpha value is -2.90. The van der Waals surface area contributed by atoms with Gasteiger partial charge in [0.1, 0.15) is 0 Å². The van der Waals surface area contributed by atoms with E-state index in [2.05, 4.69) is 10.6 Å². The number of carboxylic acids is 2. The fourth-order valence-corrected chi connectivity index (χ4v) is 1.81. The van der Waals surface area contributed by atoms with Crippen molar-refractivity contribution in [3.63, 3.8) is 0 Å². The molecule has 21 heavy (non-hydrogen) atoms. The number of hydrogen-bond donors (Lipinski definition) is 4. The summed E-state index contributed by atoms with van der Waals surface area (Å²) in [5, 5.41) is 22.9. The number of benzene rings is 1. The third-order valence-electron chi connectivity index (χ3n) is 2.69. The number of carbonyl (C=O) groups excluding carboxylic acids is 2. The SMILES string of the molecule is CCNC(=O)c1ccc(C(=O)O)c(C(=O)NC)c1C(=O)O. The van der Waals surface area contributed by atoms with Gasteiger partial charge in [-0.3, -0.25) is 9.59 Å². The minimum Gasteiger partial charge on any atom is -0.478 e. The van der Waals surface area contributed by atoms with Crippen molar-refractivity contribution in [2.75, 3.05) is 13.6 Å². The van der Waals surface area contributed by atoms with Gasteiger partial charge in [0, 0.05) is 13.6 Å². The van der Waals surface area contributed by atoms with Crippen LogP contribution in [0.1, 0.15) is 48.4 Å². The van der Waals surface area contributed by atoms with Crippen molar-refractivity contribution in [2.24, 2.45) is 0 Å². The van der Waals surface area contributed by atoms with Gasteiger partial charge in [-0.15, -0.1) is 0 Å². The first-order valence-electron chi connectivity index (χ1n) is 5.99. The number of carboxylic acid groups (broad SMARTS) is 2. The van der Waals surface area contributed by atoms with Crippen LogP contribution in [0, 0.1) is 0 Å². The largest absolute Gasteiger partial charge is 0.478 e. The molecule has 1 aromatic carbocycles. The zero-order chi connectivity index (χ0) is 16.2. The molecule has 0 aliphatic carbocycles. The molecular formula is C13H14N2O6. The molecule has 0 unspecified atom stereocenters. The molecule has 2 amide bonds. The van der Waals surface area contributed by atoms with E-state index < -0.39 is 40.4 Å². The number of hydrogen-bond acceptors (Lipinski definition) is 4. The van der Waals surface area contributed by atoms with Crippen molar-refractivity contribution in [2.45, 2.75) is 6.92 Å². The number of amides is 2. The van der Waals surface area contributed by atoms with Gasteiger partial charge in [-0.2, -0.15) is 0 Å². The standard InChI is InChI=1S/C13H14N2O6/c1-3-15-10(16)6-4-5-7(12(18)19)8(11(17)14-2)9(6)13(20)21/h4-5H,3H2,1-2H3,(H,14,17)(H,15,16)(H,18,19)(H,20,21). The van der Waals surface area contributed by atoms with Crippen LogP contribution in [0.4, 0.5) is 0 Å². The van der Waals surface area contributed by atoms with Crippen LogP contribution < -0.4 is 10.6 Å². The maximum absolute atomic E-state index is 11.9. The quantitative estimate of drug-likeness (QED) is 0.613. The Bertz CT molecular complexity index is 623. The molecule has 8 heteroatoms. The number of carbonyl (C=O) groups is 4. The summed E-state index contributed by atoms with van der Waals surface area (Å²) in [7, 11) is 1.23. The molecule has 1 rings (SSSR count). The van der Waals surface area contributed by atoms with Crippen LogP contribution in [0.15, 0.2) is 12.1 Å². The first-order chi connectivity index (χ1) is 9.84. The maximum atomic E-state index is 11.9. The molecule has 0 atom stereocenters. The van der Waals surface area contributed by atoms with Gasteiger partial charge in [0.2, 0.25) is 0 Å². The van der Waals surface area contributed by atoms with E-state index in [9.17, 15) is 24.3 Å². The number of rotatable bonds is 5. The molecule has 0 saturated carbocycles. The maximum Gasteiger partial charge on any atom is 0.337 e. The molecule has 0 aliphatic heterocycles. The lowest BCUT2D eigenvalue weighted by Crippen LogP contribution is -2.30. The normalized spacial score (nSPS) is 9.81. The average molecular weight is 294 g/mol. The average Bonchev–Trinajstić information content (AvgIpc) is 2.44. The highest BCUT2D eigenvalue weighted by Crippen LogP contribution is 2.20. The molecule has 4 N–H and O–H groups in total. The van der Waals surface area contributed by atoms with Crippen molar-refractivity contribution in [3.05, 3.63) is 34.4 Å². The molecule has 0 heterocycles. The lowest BCUT2D eigenvalue weighted by Gasteiger charge is -2.13. The van der Waals surface area contributed by atoms with Gasteiger partial charge in [0.15, 0.2) is 0 Å². The highest BCUT2D eigenvalue weighted by Gasteiger charge is 2.28. The Morgan fingerprint density at radius 3 is 1.95 bits per heavy atom. The van der Waals surface area contributed by atoms with Crippen LogP contribution in [0.25, 0.3) is 0 Å². The summed E-state index contributed by atoms with van der Waals surface area (Å²) in [4.78, 5) is 46.2. The van der Waals surface area contributed by atoms with Gasteiger partial charge in [-0.1, -0.05) is 0 Å². The Morgan fingerprint density at radius 2 is 1.52 bits per heavy atom. The molecule has 0 saturated heterocycles. The Balaban J connectivity index is 3.71. The third-order valence-corrected chi connectivity index (χ3v) is 2.69. The fraction of sp³-hybridized carbons (Fsp3) is 0.231. The fourth-order valence-electron chi connectivity index (χ4n) is 1.81. The number of nitrogens with one attached hydrogen (secondary N) is 2. The lowest BCUT2D eigenvalue weighted by molar-refractivity contribution is 0.0681. The second kappa shape index (κ2) is 6.51. The van der Waals surface area contributed by atoms with Gasteiger partial charge in [-0.25, -0.2) is 9.59 Å². The molecule has 0 radical (unpaired) electrons. The monoisotopic (exact) mass is 294 g/mol. The van der Waals surface area contributed by atoms with Crippen molar-refractivity contribution < 1.29 is 29.4 Å². The molecule has 0 aliphatic rings. The highest BCUT2D eigenvalue weighted by molar-refractivity contribution is 6.16. The number of aromatic carboxylic acids is 2. The van der Waals surface area contributed by atoms with Crippen LogP contribution in [0.5, 0.6) is 0 Å². The Kier molecular flexibility index (Phi) is 5.01. The van der Waals surface area contributed by atoms with E-state index in [1.807, 2.05) is 0 Å². The third kappa shape index (κ3) is 3.16. The van der Waals surface area contributed by atoms with E-state index in [4.69, 9.17) is 5.11 Å². The second-order valence-corrected chi connectivity index (χ2v) is 3.96. The molecule has 0 aromatic heterocycles. The summed E-state index contributed by atoms with van der Waals surface area (Å²) in [6.07, 6.45) is 0. The van der Waals surface area contributed by atoms with Crippen LogP contribution >= 0.6 is 0 Å². The summed E-state index contributed by atoms with van der Waals surface area (Å²) < 4.78 is 0. The van der Waals surface area contributed by atoms with Crippen LogP contribution in [0.3, 0.4) is 0 Å². The zero-order valence-corrected chi connectivity index (χ0v) is 11.4. The van der Waals surface area contributed by atoms with Gasteiger partial charge in [0.25, 0.3) is 11.8 Å². The van der Waals surface area contributed by atoms with Crippen LogP contribution in [0.2, 0.25) is 0 Å². The molecule has 8 nitrogen and oxygen atoms in total. The molecule has 0 bridgehead atoms. The smallest absolute Gasteiger partial charge is 0.337 e. The van der Waals surface area contributed by atoms with Crippen molar-refractivity contribution in [1.29, 1.82) is 0 Å². The topological polar surface area (TPSA) is 133 Å². The molecule has 0 spiro atoms. The van der Waals surface area contributed by atoms with Crippen molar-refractivity contribution in [1.82, 2.24) is 10.6 Å². The van der Waals surface area contributed by atoms with E-state index in [-0.39, 0.29) is 12.1 Å². The first kappa shape index (κ1) is 16.2. The predicted octanol–water partition coefficient (Wildman–Crippen LogP) is 0.192. The summed E-state index contributed by atoms with van der Waals surface area (Å²) in [6.45, 7) is 1.90. The summed E-state index contributed by atoms with van der Waals surface area (Å²) in [5.74, 6) is -4.61. The molecule has 1 aromatic rings. The van der Waals surface area contributed by atoms with Gasteiger partial charge in [-0.05, 0) is 19.1 Å². The highest BCUT2D eigenvalue weighted by atomic mass is 16.4. The van der Waals surface area contributed by atoms with Crippen molar-refractivity contribution >= 4 is 23.8 Å². The molecule has 112 valence electrons. The lowest BCUT2D eigenvalue weighted by atomic mass is 9.94. The summed E-state index contributed by atoms with van der Waals surface area (Å²) in [5.41, 5.74) is -1.95. The van der Waals surface area contributed by atoms with Crippen LogP contribution in [-0.4, -0.2) is 47.6 Å².